The fraction of sp³-hybridized carbons (Fsp3) is 0.455. The molecule has 2 rings (SSSR count). The number of hydrogen-bond donors (Lipinski definition) is 1. The summed E-state index contributed by atoms with van der Waals surface area (Å²) in [6, 6.07) is 3.69. The molecule has 1 saturated carbocycles. The van der Waals surface area contributed by atoms with Crippen LogP contribution in [0.5, 0.6) is 0 Å². The molecule has 0 amide bonds. The van der Waals surface area contributed by atoms with Crippen LogP contribution in [0.3, 0.4) is 0 Å². The number of benzene rings is 1. The zero-order valence-electron chi connectivity index (χ0n) is 8.11. The molecule has 0 atom stereocenters. The first kappa shape index (κ1) is 10.1. The predicted octanol–water partition coefficient (Wildman–Crippen LogP) is 2.89. The van der Waals surface area contributed by atoms with Crippen molar-refractivity contribution in [3.05, 3.63) is 33.5 Å². The van der Waals surface area contributed by atoms with E-state index in [0.29, 0.717) is 12.1 Å². The molecule has 1 aliphatic carbocycles. The molecule has 0 radical (unpaired) electrons. The number of rotatable bonds is 2. The molecule has 0 bridgehead atoms. The van der Waals surface area contributed by atoms with Gasteiger partial charge in [-0.25, -0.2) is 4.39 Å². The second-order valence-corrected chi connectivity index (χ2v) is 4.89. The number of aryl methyl sites for hydroxylation is 1. The van der Waals surface area contributed by atoms with Crippen LogP contribution in [-0.4, -0.2) is 6.54 Å². The highest BCUT2D eigenvalue weighted by Gasteiger charge is 2.46. The van der Waals surface area contributed by atoms with Crippen molar-refractivity contribution in [2.45, 2.75) is 25.2 Å². The van der Waals surface area contributed by atoms with Crippen LogP contribution < -0.4 is 5.73 Å². The van der Waals surface area contributed by atoms with Gasteiger partial charge in [-0.15, -0.1) is 0 Å². The maximum absolute atomic E-state index is 13.9. The smallest absolute Gasteiger partial charge is 0.131 e. The highest BCUT2D eigenvalue weighted by molar-refractivity contribution is 9.10. The molecule has 76 valence electrons. The first-order valence-electron chi connectivity index (χ1n) is 4.76. The minimum atomic E-state index is -0.0951. The van der Waals surface area contributed by atoms with Gasteiger partial charge in [0.05, 0.1) is 0 Å². The average molecular weight is 258 g/mol. The van der Waals surface area contributed by atoms with Crippen molar-refractivity contribution in [2.75, 3.05) is 6.54 Å². The zero-order chi connectivity index (χ0) is 10.3. The monoisotopic (exact) mass is 257 g/mol. The summed E-state index contributed by atoms with van der Waals surface area (Å²) in [6.07, 6.45) is 2.00. The fourth-order valence-electron chi connectivity index (χ4n) is 1.85. The highest BCUT2D eigenvalue weighted by Crippen LogP contribution is 2.50. The molecule has 3 heteroatoms. The quantitative estimate of drug-likeness (QED) is 0.867. The normalized spacial score (nSPS) is 18.3. The Morgan fingerprint density at radius 3 is 2.64 bits per heavy atom. The molecule has 1 fully saturated rings. The summed E-state index contributed by atoms with van der Waals surface area (Å²) in [7, 11) is 0. The van der Waals surface area contributed by atoms with Crippen LogP contribution in [-0.2, 0) is 5.41 Å². The summed E-state index contributed by atoms with van der Waals surface area (Å²) in [6.45, 7) is 2.32. The Kier molecular flexibility index (Phi) is 2.40. The van der Waals surface area contributed by atoms with Crippen molar-refractivity contribution in [3.63, 3.8) is 0 Å². The summed E-state index contributed by atoms with van der Waals surface area (Å²) in [5.74, 6) is -0.0951. The molecule has 1 aromatic rings. The van der Waals surface area contributed by atoms with Crippen LogP contribution in [0.2, 0.25) is 0 Å². The van der Waals surface area contributed by atoms with Crippen molar-refractivity contribution in [3.8, 4) is 0 Å². The molecule has 0 aliphatic heterocycles. The summed E-state index contributed by atoms with van der Waals surface area (Å²) in [4.78, 5) is 0. The van der Waals surface area contributed by atoms with Gasteiger partial charge in [0.25, 0.3) is 0 Å². The highest BCUT2D eigenvalue weighted by atomic mass is 79.9. The predicted molar refractivity (Wildman–Crippen MR) is 58.8 cm³/mol. The summed E-state index contributed by atoms with van der Waals surface area (Å²) < 4.78 is 14.8. The van der Waals surface area contributed by atoms with E-state index in [0.717, 1.165) is 22.9 Å². The Bertz CT molecular complexity index is 372. The van der Waals surface area contributed by atoms with Crippen LogP contribution in [0.4, 0.5) is 4.39 Å². The van der Waals surface area contributed by atoms with Gasteiger partial charge in [-0.1, -0.05) is 22.0 Å². The third-order valence-corrected chi connectivity index (χ3v) is 3.72. The van der Waals surface area contributed by atoms with Crippen molar-refractivity contribution in [1.29, 1.82) is 0 Å². The lowest BCUT2D eigenvalue weighted by Crippen LogP contribution is -2.22. The average Bonchev–Trinajstić information content (AvgIpc) is 2.93. The summed E-state index contributed by atoms with van der Waals surface area (Å²) in [5.41, 5.74) is 7.09. The standard InChI is InChI=1S/C11H13BrFN/c1-7-2-3-8(12)9(10(7)13)11(6-14)4-5-11/h2-3H,4-6,14H2,1H3. The van der Waals surface area contributed by atoms with Crippen LogP contribution in [0.15, 0.2) is 16.6 Å². The number of halogens is 2. The zero-order valence-corrected chi connectivity index (χ0v) is 9.70. The van der Waals surface area contributed by atoms with Gasteiger partial charge in [0, 0.05) is 22.0 Å². The minimum absolute atomic E-state index is 0.0884. The SMILES string of the molecule is Cc1ccc(Br)c(C2(CN)CC2)c1F. The molecule has 0 saturated heterocycles. The van der Waals surface area contributed by atoms with Gasteiger partial charge < -0.3 is 5.73 Å². The largest absolute Gasteiger partial charge is 0.330 e. The van der Waals surface area contributed by atoms with E-state index in [1.54, 1.807) is 13.0 Å². The first-order valence-corrected chi connectivity index (χ1v) is 5.55. The Balaban J connectivity index is 2.57. The fourth-order valence-corrected chi connectivity index (χ4v) is 2.58. The lowest BCUT2D eigenvalue weighted by molar-refractivity contribution is 0.563. The summed E-state index contributed by atoms with van der Waals surface area (Å²) >= 11 is 3.40. The van der Waals surface area contributed by atoms with Crippen LogP contribution in [0, 0.1) is 12.7 Å². The Hall–Kier alpha value is -0.410. The van der Waals surface area contributed by atoms with Crippen molar-refractivity contribution < 1.29 is 4.39 Å². The molecule has 1 aromatic carbocycles. The topological polar surface area (TPSA) is 26.0 Å². The lowest BCUT2D eigenvalue weighted by atomic mass is 9.94. The molecule has 0 unspecified atom stereocenters. The van der Waals surface area contributed by atoms with Gasteiger partial charge in [-0.3, -0.25) is 0 Å². The number of nitrogens with two attached hydrogens (primary N) is 1. The van der Waals surface area contributed by atoms with E-state index < -0.39 is 0 Å². The van der Waals surface area contributed by atoms with E-state index in [-0.39, 0.29) is 11.2 Å². The third kappa shape index (κ3) is 1.39. The molecular weight excluding hydrogens is 245 g/mol. The second kappa shape index (κ2) is 3.31. The molecular formula is C11H13BrFN. The maximum Gasteiger partial charge on any atom is 0.131 e. The van der Waals surface area contributed by atoms with E-state index >= 15 is 0 Å². The van der Waals surface area contributed by atoms with Gasteiger partial charge in [0.15, 0.2) is 0 Å². The van der Waals surface area contributed by atoms with Crippen molar-refractivity contribution in [2.24, 2.45) is 5.73 Å². The Labute approximate surface area is 91.6 Å². The first-order chi connectivity index (χ1) is 6.60. The van der Waals surface area contributed by atoms with E-state index in [4.69, 9.17) is 5.73 Å². The third-order valence-electron chi connectivity index (χ3n) is 3.06. The molecule has 2 N–H and O–H groups in total. The molecule has 14 heavy (non-hydrogen) atoms. The van der Waals surface area contributed by atoms with Gasteiger partial charge in [0.2, 0.25) is 0 Å². The molecule has 1 aliphatic rings. The van der Waals surface area contributed by atoms with Crippen LogP contribution in [0.25, 0.3) is 0 Å². The Morgan fingerprint density at radius 2 is 2.14 bits per heavy atom. The number of hydrogen-bond acceptors (Lipinski definition) is 1. The molecule has 1 nitrogen and oxygen atoms in total. The van der Waals surface area contributed by atoms with Gasteiger partial charge >= 0.3 is 0 Å². The van der Waals surface area contributed by atoms with Crippen LogP contribution in [0.1, 0.15) is 24.0 Å². The Morgan fingerprint density at radius 1 is 1.50 bits per heavy atom. The molecule has 0 spiro atoms. The van der Waals surface area contributed by atoms with Gasteiger partial charge in [-0.2, -0.15) is 0 Å². The van der Waals surface area contributed by atoms with Crippen molar-refractivity contribution in [1.82, 2.24) is 0 Å². The van der Waals surface area contributed by atoms with E-state index in [9.17, 15) is 4.39 Å². The second-order valence-electron chi connectivity index (χ2n) is 4.04. The minimum Gasteiger partial charge on any atom is -0.330 e. The van der Waals surface area contributed by atoms with Gasteiger partial charge in [0.1, 0.15) is 5.82 Å². The summed E-state index contributed by atoms with van der Waals surface area (Å²) in [5, 5.41) is 0. The van der Waals surface area contributed by atoms with Crippen molar-refractivity contribution >= 4 is 15.9 Å². The van der Waals surface area contributed by atoms with Crippen LogP contribution >= 0.6 is 15.9 Å². The van der Waals surface area contributed by atoms with E-state index in [2.05, 4.69) is 15.9 Å². The van der Waals surface area contributed by atoms with E-state index in [1.165, 1.54) is 0 Å². The molecule has 0 aromatic heterocycles. The van der Waals surface area contributed by atoms with Gasteiger partial charge in [-0.05, 0) is 31.4 Å². The van der Waals surface area contributed by atoms with E-state index in [1.807, 2.05) is 6.07 Å². The lowest BCUT2D eigenvalue weighted by Gasteiger charge is -2.17. The molecule has 0 heterocycles. The maximum atomic E-state index is 13.9.